The fraction of sp³-hybridized carbons (Fsp3) is 0.455. The molecule has 0 radical (unpaired) electrons. The molecule has 0 unspecified atom stereocenters. The van der Waals surface area contributed by atoms with Crippen molar-refractivity contribution >= 4 is 11.6 Å². The lowest BCUT2D eigenvalue weighted by Gasteiger charge is -2.10. The highest BCUT2D eigenvalue weighted by Gasteiger charge is 2.21. The maximum Gasteiger partial charge on any atom is 0.231 e. The van der Waals surface area contributed by atoms with Crippen LogP contribution in [0.15, 0.2) is 6.07 Å². The molecule has 1 heterocycles. The summed E-state index contributed by atoms with van der Waals surface area (Å²) in [5.74, 6) is 1.42. The Morgan fingerprint density at radius 1 is 1.47 bits per heavy atom. The Bertz CT molecular complexity index is 379. The summed E-state index contributed by atoms with van der Waals surface area (Å²) in [5.41, 5.74) is 7.74. The van der Waals surface area contributed by atoms with E-state index in [1.807, 2.05) is 13.0 Å². The molecule has 0 fully saturated rings. The van der Waals surface area contributed by atoms with Crippen molar-refractivity contribution in [2.24, 2.45) is 5.73 Å². The average Bonchev–Trinajstić information content (AvgIpc) is 2.65. The summed E-state index contributed by atoms with van der Waals surface area (Å²) in [4.78, 5) is 0. The van der Waals surface area contributed by atoms with Crippen LogP contribution in [0.4, 0.5) is 0 Å². The molecule has 0 amide bonds. The van der Waals surface area contributed by atoms with Gasteiger partial charge in [-0.2, -0.15) is 0 Å². The van der Waals surface area contributed by atoms with Crippen LogP contribution < -0.4 is 15.2 Å². The van der Waals surface area contributed by atoms with Gasteiger partial charge in [0.15, 0.2) is 11.5 Å². The minimum absolute atomic E-state index is 0.259. The van der Waals surface area contributed by atoms with E-state index in [-0.39, 0.29) is 6.79 Å². The predicted octanol–water partition coefficient (Wildman–Crippen LogP) is 2.27. The van der Waals surface area contributed by atoms with E-state index in [1.54, 1.807) is 0 Å². The van der Waals surface area contributed by atoms with Gasteiger partial charge in [0.05, 0.1) is 5.02 Å². The van der Waals surface area contributed by atoms with Crippen molar-refractivity contribution in [3.63, 3.8) is 0 Å². The lowest BCUT2D eigenvalue weighted by Crippen LogP contribution is -2.02. The zero-order chi connectivity index (χ0) is 10.8. The molecule has 2 rings (SSSR count). The van der Waals surface area contributed by atoms with Crippen LogP contribution in [0.1, 0.15) is 17.5 Å². The molecular formula is C11H14ClNO2. The molecule has 0 aromatic heterocycles. The number of rotatable bonds is 3. The Labute approximate surface area is 94.1 Å². The normalized spacial score (nSPS) is 13.3. The fourth-order valence-electron chi connectivity index (χ4n) is 1.75. The van der Waals surface area contributed by atoms with Gasteiger partial charge in [0.25, 0.3) is 0 Å². The quantitative estimate of drug-likeness (QED) is 0.862. The summed E-state index contributed by atoms with van der Waals surface area (Å²) in [6, 6.07) is 1.97. The van der Waals surface area contributed by atoms with Gasteiger partial charge >= 0.3 is 0 Å². The summed E-state index contributed by atoms with van der Waals surface area (Å²) in [6.07, 6.45) is 1.82. The Hall–Kier alpha value is -0.930. The average molecular weight is 228 g/mol. The first kappa shape index (κ1) is 10.6. The molecule has 0 spiro atoms. The minimum Gasteiger partial charge on any atom is -0.454 e. The Balaban J connectivity index is 2.37. The highest BCUT2D eigenvalue weighted by molar-refractivity contribution is 6.33. The number of hydrogen-bond donors (Lipinski definition) is 1. The summed E-state index contributed by atoms with van der Waals surface area (Å²) in [6.45, 7) is 2.96. The molecule has 0 saturated carbocycles. The van der Waals surface area contributed by atoms with Crippen molar-refractivity contribution in [1.82, 2.24) is 0 Å². The van der Waals surface area contributed by atoms with Gasteiger partial charge in [-0.3, -0.25) is 0 Å². The van der Waals surface area contributed by atoms with Crippen LogP contribution in [0.25, 0.3) is 0 Å². The molecule has 0 saturated heterocycles. The maximum absolute atomic E-state index is 6.25. The summed E-state index contributed by atoms with van der Waals surface area (Å²) in [5, 5.41) is 0.677. The van der Waals surface area contributed by atoms with Crippen molar-refractivity contribution in [2.45, 2.75) is 19.8 Å². The molecular weight excluding hydrogens is 214 g/mol. The summed E-state index contributed by atoms with van der Waals surface area (Å²) >= 11 is 6.25. The van der Waals surface area contributed by atoms with Crippen LogP contribution in [0, 0.1) is 6.92 Å². The molecule has 15 heavy (non-hydrogen) atoms. The number of benzene rings is 1. The van der Waals surface area contributed by atoms with E-state index >= 15 is 0 Å². The van der Waals surface area contributed by atoms with Gasteiger partial charge in [-0.05, 0) is 43.5 Å². The van der Waals surface area contributed by atoms with Crippen LogP contribution in [0.5, 0.6) is 11.5 Å². The molecule has 82 valence electrons. The lowest BCUT2D eigenvalue weighted by atomic mass is 10.0. The second-order valence-electron chi connectivity index (χ2n) is 3.61. The zero-order valence-electron chi connectivity index (χ0n) is 8.68. The first-order chi connectivity index (χ1) is 7.24. The number of ether oxygens (including phenoxy) is 2. The van der Waals surface area contributed by atoms with Crippen LogP contribution in [-0.2, 0) is 6.42 Å². The lowest BCUT2D eigenvalue weighted by molar-refractivity contribution is 0.174. The first-order valence-electron chi connectivity index (χ1n) is 5.01. The van der Waals surface area contributed by atoms with Gasteiger partial charge in [0, 0.05) is 0 Å². The van der Waals surface area contributed by atoms with Gasteiger partial charge in [-0.25, -0.2) is 0 Å². The Morgan fingerprint density at radius 2 is 2.27 bits per heavy atom. The fourth-order valence-corrected chi connectivity index (χ4v) is 2.14. The molecule has 1 aromatic rings. The molecule has 3 nitrogen and oxygen atoms in total. The number of halogens is 1. The van der Waals surface area contributed by atoms with Crippen molar-refractivity contribution in [3.05, 3.63) is 22.2 Å². The Kier molecular flexibility index (Phi) is 3.03. The third-order valence-electron chi connectivity index (χ3n) is 2.56. The topological polar surface area (TPSA) is 44.5 Å². The van der Waals surface area contributed by atoms with E-state index in [1.165, 1.54) is 0 Å². The van der Waals surface area contributed by atoms with E-state index in [2.05, 4.69) is 0 Å². The molecule has 0 aliphatic carbocycles. The largest absolute Gasteiger partial charge is 0.454 e. The SMILES string of the molecule is Cc1cc2c(c(Cl)c1CCCN)OCO2. The Morgan fingerprint density at radius 3 is 3.00 bits per heavy atom. The second-order valence-corrected chi connectivity index (χ2v) is 3.99. The number of fused-ring (bicyclic) bond motifs is 1. The van der Waals surface area contributed by atoms with Gasteiger partial charge in [-0.15, -0.1) is 0 Å². The van der Waals surface area contributed by atoms with Gasteiger partial charge in [0.1, 0.15) is 0 Å². The standard InChI is InChI=1S/C11H14ClNO2/c1-7-5-9-11(15-6-14-9)10(12)8(7)3-2-4-13/h5H,2-4,6,13H2,1H3. The third-order valence-corrected chi connectivity index (χ3v) is 2.96. The third kappa shape index (κ3) is 1.90. The molecule has 2 N–H and O–H groups in total. The highest BCUT2D eigenvalue weighted by Crippen LogP contribution is 2.42. The van der Waals surface area contributed by atoms with E-state index in [9.17, 15) is 0 Å². The summed E-state index contributed by atoms with van der Waals surface area (Å²) in [7, 11) is 0. The van der Waals surface area contributed by atoms with E-state index in [4.69, 9.17) is 26.8 Å². The monoisotopic (exact) mass is 227 g/mol. The van der Waals surface area contributed by atoms with Crippen molar-refractivity contribution in [2.75, 3.05) is 13.3 Å². The van der Waals surface area contributed by atoms with Crippen LogP contribution in [-0.4, -0.2) is 13.3 Å². The second kappa shape index (κ2) is 4.29. The summed E-state index contributed by atoms with van der Waals surface area (Å²) < 4.78 is 10.6. The van der Waals surface area contributed by atoms with Crippen molar-refractivity contribution < 1.29 is 9.47 Å². The molecule has 0 atom stereocenters. The van der Waals surface area contributed by atoms with E-state index in [0.29, 0.717) is 17.3 Å². The molecule has 1 aromatic carbocycles. The van der Waals surface area contributed by atoms with E-state index < -0.39 is 0 Å². The van der Waals surface area contributed by atoms with Crippen molar-refractivity contribution in [1.29, 1.82) is 0 Å². The van der Waals surface area contributed by atoms with Gasteiger partial charge < -0.3 is 15.2 Å². The molecule has 1 aliphatic rings. The number of aryl methyl sites for hydroxylation is 1. The minimum atomic E-state index is 0.259. The number of hydrogen-bond acceptors (Lipinski definition) is 3. The molecule has 1 aliphatic heterocycles. The van der Waals surface area contributed by atoms with Gasteiger partial charge in [0.2, 0.25) is 6.79 Å². The molecule has 4 heteroatoms. The van der Waals surface area contributed by atoms with E-state index in [0.717, 1.165) is 29.7 Å². The zero-order valence-corrected chi connectivity index (χ0v) is 9.43. The molecule has 0 bridgehead atoms. The highest BCUT2D eigenvalue weighted by atomic mass is 35.5. The smallest absolute Gasteiger partial charge is 0.231 e. The number of nitrogens with two attached hydrogens (primary N) is 1. The van der Waals surface area contributed by atoms with Crippen LogP contribution in [0.3, 0.4) is 0 Å². The van der Waals surface area contributed by atoms with Crippen LogP contribution in [0.2, 0.25) is 5.02 Å². The predicted molar refractivity (Wildman–Crippen MR) is 59.7 cm³/mol. The van der Waals surface area contributed by atoms with Crippen molar-refractivity contribution in [3.8, 4) is 11.5 Å². The maximum atomic E-state index is 6.25. The van der Waals surface area contributed by atoms with Gasteiger partial charge in [-0.1, -0.05) is 11.6 Å². The van der Waals surface area contributed by atoms with Crippen LogP contribution >= 0.6 is 11.6 Å². The first-order valence-corrected chi connectivity index (χ1v) is 5.39.